The molecule has 0 aromatic heterocycles. The Bertz CT molecular complexity index is 883. The Balaban J connectivity index is 1.39. The Morgan fingerprint density at radius 2 is 2.04 bits per heavy atom. The Hall–Kier alpha value is -2.59. The van der Waals surface area contributed by atoms with Crippen molar-refractivity contribution >= 4 is 11.6 Å². The van der Waals surface area contributed by atoms with Crippen LogP contribution in [0.15, 0.2) is 59.6 Å². The molecule has 4 nitrogen and oxygen atoms in total. The number of rotatable bonds is 3. The molecule has 138 valence electrons. The lowest BCUT2D eigenvalue weighted by Gasteiger charge is -2.34. The minimum Gasteiger partial charge on any atom is -0.475 e. The standard InChI is InChI=1S/C23H24N2O2/c1-2-5-17(6-3-1)18-8-9-21-19(13-18)10-11-25-16-24-23(14-22(21)25)27-15-20-7-4-12-26-20/h1-3,5-6,8-9,13-14,20H,4,7,10-12,15-16H2. The molecule has 0 bridgehead atoms. The van der Waals surface area contributed by atoms with Crippen LogP contribution in [0.4, 0.5) is 0 Å². The lowest BCUT2D eigenvalue weighted by Crippen LogP contribution is -2.33. The van der Waals surface area contributed by atoms with Crippen molar-refractivity contribution in [1.29, 1.82) is 0 Å². The first kappa shape index (κ1) is 16.6. The Kier molecular flexibility index (Phi) is 4.42. The molecule has 0 radical (unpaired) electrons. The van der Waals surface area contributed by atoms with Crippen molar-refractivity contribution in [2.75, 3.05) is 26.4 Å². The van der Waals surface area contributed by atoms with Gasteiger partial charge in [-0.3, -0.25) is 0 Å². The maximum atomic E-state index is 5.95. The summed E-state index contributed by atoms with van der Waals surface area (Å²) >= 11 is 0. The van der Waals surface area contributed by atoms with E-state index < -0.39 is 0 Å². The zero-order chi connectivity index (χ0) is 18.1. The molecule has 3 aliphatic rings. The number of benzene rings is 2. The fraction of sp³-hybridized carbons (Fsp3) is 0.348. The molecule has 3 heterocycles. The van der Waals surface area contributed by atoms with Crippen LogP contribution in [0, 0.1) is 0 Å². The summed E-state index contributed by atoms with van der Waals surface area (Å²) in [5.74, 6) is 0.733. The first-order valence-electron chi connectivity index (χ1n) is 9.81. The average molecular weight is 360 g/mol. The van der Waals surface area contributed by atoms with Crippen molar-refractivity contribution in [3.63, 3.8) is 0 Å². The number of hydrogen-bond acceptors (Lipinski definition) is 4. The van der Waals surface area contributed by atoms with Crippen LogP contribution in [0.25, 0.3) is 16.8 Å². The summed E-state index contributed by atoms with van der Waals surface area (Å²) < 4.78 is 11.6. The van der Waals surface area contributed by atoms with Crippen molar-refractivity contribution in [3.8, 4) is 11.1 Å². The van der Waals surface area contributed by atoms with E-state index in [2.05, 4.69) is 64.5 Å². The van der Waals surface area contributed by atoms with Gasteiger partial charge >= 0.3 is 0 Å². The molecule has 0 amide bonds. The third-order valence-electron chi connectivity index (χ3n) is 5.58. The first-order valence-corrected chi connectivity index (χ1v) is 9.81. The molecule has 0 spiro atoms. The van der Waals surface area contributed by atoms with Gasteiger partial charge in [0.1, 0.15) is 13.3 Å². The molecule has 1 saturated heterocycles. The summed E-state index contributed by atoms with van der Waals surface area (Å²) in [6.07, 6.45) is 5.58. The van der Waals surface area contributed by atoms with Crippen LogP contribution >= 0.6 is 0 Å². The summed E-state index contributed by atoms with van der Waals surface area (Å²) in [5, 5.41) is 0. The Morgan fingerprint density at radius 3 is 2.89 bits per heavy atom. The van der Waals surface area contributed by atoms with Gasteiger partial charge in [0, 0.05) is 24.8 Å². The number of ether oxygens (including phenoxy) is 2. The highest BCUT2D eigenvalue weighted by atomic mass is 16.5. The minimum atomic E-state index is 0.219. The largest absolute Gasteiger partial charge is 0.475 e. The summed E-state index contributed by atoms with van der Waals surface area (Å²) in [5.41, 5.74) is 6.48. The zero-order valence-corrected chi connectivity index (χ0v) is 15.4. The molecule has 2 aromatic carbocycles. The van der Waals surface area contributed by atoms with Crippen LogP contribution < -0.4 is 0 Å². The normalized spacial score (nSPS) is 21.2. The average Bonchev–Trinajstić information content (AvgIpc) is 3.26. The van der Waals surface area contributed by atoms with Gasteiger partial charge in [0.25, 0.3) is 0 Å². The predicted octanol–water partition coefficient (Wildman–Crippen LogP) is 4.12. The van der Waals surface area contributed by atoms with E-state index in [-0.39, 0.29) is 6.10 Å². The highest BCUT2D eigenvalue weighted by Crippen LogP contribution is 2.33. The molecule has 2 aromatic rings. The van der Waals surface area contributed by atoms with Gasteiger partial charge in [-0.15, -0.1) is 0 Å². The Morgan fingerprint density at radius 1 is 1.11 bits per heavy atom. The van der Waals surface area contributed by atoms with Gasteiger partial charge in [-0.25, -0.2) is 4.99 Å². The molecule has 4 heteroatoms. The molecule has 1 unspecified atom stereocenters. The van der Waals surface area contributed by atoms with Crippen LogP contribution in [0.2, 0.25) is 0 Å². The SMILES string of the molecule is C1=C2c3ccc(-c4ccccc4)cc3CCN2CN=C1OCC1CCCO1. The fourth-order valence-electron chi connectivity index (χ4n) is 4.08. The Labute approximate surface area is 160 Å². The molecule has 1 fully saturated rings. The van der Waals surface area contributed by atoms with Crippen molar-refractivity contribution in [2.45, 2.75) is 25.4 Å². The van der Waals surface area contributed by atoms with E-state index in [0.29, 0.717) is 13.3 Å². The predicted molar refractivity (Wildman–Crippen MR) is 107 cm³/mol. The van der Waals surface area contributed by atoms with Crippen molar-refractivity contribution in [1.82, 2.24) is 4.90 Å². The van der Waals surface area contributed by atoms with E-state index >= 15 is 0 Å². The van der Waals surface area contributed by atoms with Gasteiger partial charge in [-0.2, -0.15) is 0 Å². The maximum Gasteiger partial charge on any atom is 0.212 e. The topological polar surface area (TPSA) is 34.1 Å². The molecule has 27 heavy (non-hydrogen) atoms. The number of fused-ring (bicyclic) bond motifs is 3. The van der Waals surface area contributed by atoms with Crippen LogP contribution in [-0.4, -0.2) is 43.3 Å². The summed E-state index contributed by atoms with van der Waals surface area (Å²) in [7, 11) is 0. The summed E-state index contributed by atoms with van der Waals surface area (Å²) in [4.78, 5) is 6.94. The monoisotopic (exact) mass is 360 g/mol. The van der Waals surface area contributed by atoms with Crippen molar-refractivity contribution in [2.24, 2.45) is 4.99 Å². The quantitative estimate of drug-likeness (QED) is 0.826. The first-order chi connectivity index (χ1) is 13.4. The van der Waals surface area contributed by atoms with E-state index in [1.165, 1.54) is 28.0 Å². The lowest BCUT2D eigenvalue weighted by molar-refractivity contribution is 0.0639. The van der Waals surface area contributed by atoms with Gasteiger partial charge in [0.15, 0.2) is 0 Å². The van der Waals surface area contributed by atoms with Crippen LogP contribution in [0.3, 0.4) is 0 Å². The second kappa shape index (κ2) is 7.20. The van der Waals surface area contributed by atoms with E-state index in [9.17, 15) is 0 Å². The second-order valence-corrected chi connectivity index (χ2v) is 7.36. The van der Waals surface area contributed by atoms with E-state index in [1.54, 1.807) is 0 Å². The molecule has 0 aliphatic carbocycles. The van der Waals surface area contributed by atoms with Gasteiger partial charge in [0.2, 0.25) is 5.90 Å². The van der Waals surface area contributed by atoms with Gasteiger partial charge < -0.3 is 14.4 Å². The summed E-state index contributed by atoms with van der Waals surface area (Å²) in [6, 6.07) is 17.4. The number of aliphatic imine (C=N–C) groups is 1. The molecular weight excluding hydrogens is 336 g/mol. The molecule has 1 atom stereocenters. The maximum absolute atomic E-state index is 5.95. The minimum absolute atomic E-state index is 0.219. The zero-order valence-electron chi connectivity index (χ0n) is 15.4. The number of nitrogens with zero attached hydrogens (tertiary/aromatic N) is 2. The highest BCUT2D eigenvalue weighted by Gasteiger charge is 2.25. The smallest absolute Gasteiger partial charge is 0.212 e. The van der Waals surface area contributed by atoms with E-state index in [1.807, 2.05) is 0 Å². The van der Waals surface area contributed by atoms with Gasteiger partial charge in [-0.05, 0) is 36.0 Å². The van der Waals surface area contributed by atoms with Crippen LogP contribution in [0.1, 0.15) is 24.0 Å². The summed E-state index contributed by atoms with van der Waals surface area (Å²) in [6.45, 7) is 3.13. The highest BCUT2D eigenvalue weighted by molar-refractivity contribution is 5.97. The van der Waals surface area contributed by atoms with Crippen LogP contribution in [-0.2, 0) is 15.9 Å². The van der Waals surface area contributed by atoms with Crippen molar-refractivity contribution in [3.05, 3.63) is 65.7 Å². The third-order valence-corrected chi connectivity index (χ3v) is 5.58. The molecule has 3 aliphatic heterocycles. The lowest BCUT2D eigenvalue weighted by atomic mass is 9.92. The van der Waals surface area contributed by atoms with E-state index in [4.69, 9.17) is 9.47 Å². The molecular formula is C23H24N2O2. The third kappa shape index (κ3) is 3.37. The second-order valence-electron chi connectivity index (χ2n) is 7.36. The fourth-order valence-corrected chi connectivity index (χ4v) is 4.08. The van der Waals surface area contributed by atoms with Gasteiger partial charge in [0.05, 0.1) is 11.8 Å². The van der Waals surface area contributed by atoms with Crippen LogP contribution in [0.5, 0.6) is 0 Å². The van der Waals surface area contributed by atoms with Crippen molar-refractivity contribution < 1.29 is 9.47 Å². The molecule has 0 N–H and O–H groups in total. The van der Waals surface area contributed by atoms with Gasteiger partial charge in [-0.1, -0.05) is 48.5 Å². The molecule has 0 saturated carbocycles. The molecule has 5 rings (SSSR count). The van der Waals surface area contributed by atoms with E-state index in [0.717, 1.165) is 38.3 Å². The number of hydrogen-bond donors (Lipinski definition) is 0.